The maximum absolute atomic E-state index is 13.2. The Morgan fingerprint density at radius 2 is 1.79 bits per heavy atom. The van der Waals surface area contributed by atoms with Crippen LogP contribution in [0, 0.1) is 5.92 Å². The van der Waals surface area contributed by atoms with E-state index in [9.17, 15) is 13.2 Å². The van der Waals surface area contributed by atoms with Crippen LogP contribution in [0.3, 0.4) is 0 Å². The van der Waals surface area contributed by atoms with Crippen LogP contribution in [0.15, 0.2) is 35.2 Å². The minimum atomic E-state index is -3.49. The zero-order valence-electron chi connectivity index (χ0n) is 16.7. The summed E-state index contributed by atoms with van der Waals surface area (Å²) in [5, 5.41) is -0.479. The van der Waals surface area contributed by atoms with Gasteiger partial charge in [0.1, 0.15) is 13.2 Å². The van der Waals surface area contributed by atoms with Crippen LogP contribution in [0.25, 0.3) is 0 Å². The highest BCUT2D eigenvalue weighted by molar-refractivity contribution is 7.92. The number of fused-ring (bicyclic) bond motifs is 1. The van der Waals surface area contributed by atoms with Gasteiger partial charge in [0, 0.05) is 19.2 Å². The van der Waals surface area contributed by atoms with Crippen molar-refractivity contribution in [2.75, 3.05) is 26.3 Å². The normalized spacial score (nSPS) is 25.2. The number of likely N-dealkylation sites (tertiary alicyclic amines) is 1. The van der Waals surface area contributed by atoms with Gasteiger partial charge in [0.2, 0.25) is 5.91 Å². The van der Waals surface area contributed by atoms with Gasteiger partial charge in [0.15, 0.2) is 21.3 Å². The molecule has 1 fully saturated rings. The van der Waals surface area contributed by atoms with E-state index >= 15 is 0 Å². The first-order valence-corrected chi connectivity index (χ1v) is 12.2. The molecule has 7 heteroatoms. The fourth-order valence-corrected chi connectivity index (χ4v) is 6.22. The molecular weight excluding hydrogens is 390 g/mol. The minimum Gasteiger partial charge on any atom is -0.486 e. The Balaban J connectivity index is 1.45. The molecule has 2 atom stereocenters. The first-order chi connectivity index (χ1) is 14.1. The Hall–Kier alpha value is -2.02. The zero-order chi connectivity index (χ0) is 20.3. The van der Waals surface area contributed by atoms with E-state index in [1.165, 1.54) is 0 Å². The number of hydrogen-bond acceptors (Lipinski definition) is 5. The van der Waals surface area contributed by atoms with E-state index in [-0.39, 0.29) is 16.7 Å². The van der Waals surface area contributed by atoms with Gasteiger partial charge in [0.05, 0.1) is 16.1 Å². The first kappa shape index (κ1) is 20.3. The van der Waals surface area contributed by atoms with Crippen molar-refractivity contribution >= 4 is 15.7 Å². The molecule has 1 aliphatic carbocycles. The molecule has 1 aromatic rings. The molecule has 1 saturated heterocycles. The smallest absolute Gasteiger partial charge is 0.229 e. The van der Waals surface area contributed by atoms with Gasteiger partial charge < -0.3 is 14.4 Å². The molecule has 1 aromatic carbocycles. The third-order valence-electron chi connectivity index (χ3n) is 6.09. The predicted molar refractivity (Wildman–Crippen MR) is 110 cm³/mol. The number of carbonyl (C=O) groups excluding carboxylic acids is 1. The van der Waals surface area contributed by atoms with Crippen LogP contribution < -0.4 is 9.47 Å². The van der Waals surface area contributed by atoms with Crippen molar-refractivity contribution in [3.63, 3.8) is 0 Å². The fourth-order valence-electron chi connectivity index (χ4n) is 4.41. The fraction of sp³-hybridized carbons (Fsp3) is 0.591. The molecule has 0 N–H and O–H groups in total. The van der Waals surface area contributed by atoms with E-state index < -0.39 is 15.1 Å². The van der Waals surface area contributed by atoms with Gasteiger partial charge in [-0.1, -0.05) is 18.6 Å². The molecule has 2 unspecified atom stereocenters. The molecule has 3 aliphatic rings. The van der Waals surface area contributed by atoms with Crippen molar-refractivity contribution in [3.05, 3.63) is 30.4 Å². The summed E-state index contributed by atoms with van der Waals surface area (Å²) in [6.07, 6.45) is 10.0. The molecule has 0 bridgehead atoms. The van der Waals surface area contributed by atoms with Gasteiger partial charge >= 0.3 is 0 Å². The lowest BCUT2D eigenvalue weighted by molar-refractivity contribution is -0.134. The van der Waals surface area contributed by atoms with Crippen LogP contribution >= 0.6 is 0 Å². The Kier molecular flexibility index (Phi) is 6.13. The van der Waals surface area contributed by atoms with Crippen LogP contribution in [0.5, 0.6) is 11.5 Å². The van der Waals surface area contributed by atoms with Crippen molar-refractivity contribution in [2.45, 2.75) is 55.1 Å². The van der Waals surface area contributed by atoms with E-state index in [1.54, 1.807) is 18.2 Å². The van der Waals surface area contributed by atoms with E-state index in [1.807, 2.05) is 11.0 Å². The molecule has 1 amide bonds. The molecule has 2 heterocycles. The summed E-state index contributed by atoms with van der Waals surface area (Å²) in [5.74, 6) is 1.18. The molecule has 4 rings (SSSR count). The van der Waals surface area contributed by atoms with Crippen molar-refractivity contribution in [1.82, 2.24) is 4.90 Å². The summed E-state index contributed by atoms with van der Waals surface area (Å²) in [6.45, 7) is 2.03. The summed E-state index contributed by atoms with van der Waals surface area (Å²) < 4.78 is 37.5. The topological polar surface area (TPSA) is 72.9 Å². The summed E-state index contributed by atoms with van der Waals surface area (Å²) in [7, 11) is -3.49. The number of benzene rings is 1. The molecule has 0 saturated carbocycles. The first-order valence-electron chi connectivity index (χ1n) is 10.6. The van der Waals surface area contributed by atoms with Crippen LogP contribution in [0.1, 0.15) is 44.9 Å². The van der Waals surface area contributed by atoms with Gasteiger partial charge in [-0.15, -0.1) is 0 Å². The van der Waals surface area contributed by atoms with E-state index in [2.05, 4.69) is 6.08 Å². The summed E-state index contributed by atoms with van der Waals surface area (Å²) in [6, 6.07) is 4.85. The van der Waals surface area contributed by atoms with Crippen LogP contribution in [-0.4, -0.2) is 50.8 Å². The number of allylic oxidation sites excluding steroid dienone is 1. The maximum atomic E-state index is 13.2. The maximum Gasteiger partial charge on any atom is 0.229 e. The van der Waals surface area contributed by atoms with E-state index in [0.717, 1.165) is 25.7 Å². The average molecular weight is 420 g/mol. The number of nitrogens with zero attached hydrogens (tertiary/aromatic N) is 1. The lowest BCUT2D eigenvalue weighted by Gasteiger charge is -2.24. The number of ether oxygens (including phenoxy) is 2. The second-order valence-electron chi connectivity index (χ2n) is 8.05. The number of hydrogen-bond donors (Lipinski definition) is 0. The third kappa shape index (κ3) is 4.44. The average Bonchev–Trinajstić information content (AvgIpc) is 3.16. The lowest BCUT2D eigenvalue weighted by atomic mass is 10.0. The monoisotopic (exact) mass is 419 g/mol. The van der Waals surface area contributed by atoms with Crippen molar-refractivity contribution in [1.29, 1.82) is 0 Å². The Morgan fingerprint density at radius 3 is 2.66 bits per heavy atom. The highest BCUT2D eigenvalue weighted by atomic mass is 32.2. The lowest BCUT2D eigenvalue weighted by Crippen LogP contribution is -2.36. The van der Waals surface area contributed by atoms with Gasteiger partial charge in [0.25, 0.3) is 0 Å². The molecule has 158 valence electrons. The standard InChI is InChI=1S/C22H29NO5S/c24-22(17-6-3-1-2-4-7-17)23-12-5-8-18(11-13-23)29(25,26)19-9-10-20-21(16-19)28-15-14-27-20/h3,6,9-10,16-18H,1-2,4-5,7-8,11-15H2. The van der Waals surface area contributed by atoms with E-state index in [4.69, 9.17) is 9.47 Å². The van der Waals surface area contributed by atoms with Crippen molar-refractivity contribution in [2.24, 2.45) is 5.92 Å². The van der Waals surface area contributed by atoms with Crippen molar-refractivity contribution in [3.8, 4) is 11.5 Å². The number of carbonyl (C=O) groups is 1. The van der Waals surface area contributed by atoms with Gasteiger partial charge in [-0.05, 0) is 50.7 Å². The highest BCUT2D eigenvalue weighted by Gasteiger charge is 2.33. The SMILES string of the molecule is O=C(C1C=CCCCC1)N1CCCC(S(=O)(=O)c2ccc3c(c2)OCCO3)CC1. The second kappa shape index (κ2) is 8.78. The molecular formula is C22H29NO5S. The third-order valence-corrected chi connectivity index (χ3v) is 8.35. The molecule has 2 aliphatic heterocycles. The Bertz CT molecular complexity index is 879. The summed E-state index contributed by atoms with van der Waals surface area (Å²) in [4.78, 5) is 15.1. The Labute approximate surface area is 172 Å². The minimum absolute atomic E-state index is 0.0524. The zero-order valence-corrected chi connectivity index (χ0v) is 17.5. The van der Waals surface area contributed by atoms with Gasteiger partial charge in [-0.25, -0.2) is 8.42 Å². The second-order valence-corrected chi connectivity index (χ2v) is 10.3. The van der Waals surface area contributed by atoms with E-state index in [0.29, 0.717) is 57.1 Å². The van der Waals surface area contributed by atoms with Crippen LogP contribution in [-0.2, 0) is 14.6 Å². The van der Waals surface area contributed by atoms with Gasteiger partial charge in [-0.2, -0.15) is 0 Å². The van der Waals surface area contributed by atoms with Gasteiger partial charge in [-0.3, -0.25) is 4.79 Å². The molecule has 0 radical (unpaired) electrons. The number of amides is 1. The molecule has 29 heavy (non-hydrogen) atoms. The molecule has 0 spiro atoms. The molecule has 0 aromatic heterocycles. The largest absolute Gasteiger partial charge is 0.486 e. The highest BCUT2D eigenvalue weighted by Crippen LogP contribution is 2.35. The summed E-state index contributed by atoms with van der Waals surface area (Å²) >= 11 is 0. The summed E-state index contributed by atoms with van der Waals surface area (Å²) in [5.41, 5.74) is 0. The quantitative estimate of drug-likeness (QED) is 0.703. The molecule has 6 nitrogen and oxygen atoms in total. The Morgan fingerprint density at radius 1 is 0.966 bits per heavy atom. The van der Waals surface area contributed by atoms with Crippen LogP contribution in [0.4, 0.5) is 0 Å². The number of rotatable bonds is 3. The van der Waals surface area contributed by atoms with Crippen LogP contribution in [0.2, 0.25) is 0 Å². The number of sulfone groups is 1. The predicted octanol–water partition coefficient (Wildman–Crippen LogP) is 3.36. The van der Waals surface area contributed by atoms with Crippen molar-refractivity contribution < 1.29 is 22.7 Å².